The van der Waals surface area contributed by atoms with E-state index in [1.807, 2.05) is 25.1 Å². The summed E-state index contributed by atoms with van der Waals surface area (Å²) in [7, 11) is 0. The second-order valence-corrected chi connectivity index (χ2v) is 6.20. The lowest BCUT2D eigenvalue weighted by atomic mass is 9.97. The number of ether oxygens (including phenoxy) is 1. The lowest BCUT2D eigenvalue weighted by Gasteiger charge is -2.21. The van der Waals surface area contributed by atoms with E-state index in [0.717, 1.165) is 37.2 Å². The van der Waals surface area contributed by atoms with Crippen molar-refractivity contribution in [1.82, 2.24) is 10.3 Å². The molecule has 6 heteroatoms. The maximum absolute atomic E-state index is 12.2. The monoisotopic (exact) mass is 361 g/mol. The minimum Gasteiger partial charge on any atom is -0.439 e. The molecule has 0 aliphatic carbocycles. The molecule has 3 rings (SSSR count). The maximum atomic E-state index is 12.2. The average Bonchev–Trinajstić information content (AvgIpc) is 2.61. The molecule has 0 unspecified atom stereocenters. The molecule has 1 aliphatic rings. The van der Waals surface area contributed by atoms with E-state index >= 15 is 0 Å². The molecule has 2 N–H and O–H groups in total. The summed E-state index contributed by atoms with van der Waals surface area (Å²) >= 11 is 0. The van der Waals surface area contributed by atoms with Crippen LogP contribution >= 0.6 is 12.4 Å². The van der Waals surface area contributed by atoms with Crippen LogP contribution in [0.25, 0.3) is 0 Å². The van der Waals surface area contributed by atoms with Crippen LogP contribution in [0.1, 0.15) is 24.0 Å². The summed E-state index contributed by atoms with van der Waals surface area (Å²) in [6.07, 6.45) is 3.40. The van der Waals surface area contributed by atoms with Gasteiger partial charge in [-0.05, 0) is 63.0 Å². The van der Waals surface area contributed by atoms with E-state index < -0.39 is 0 Å². The summed E-state index contributed by atoms with van der Waals surface area (Å²) < 4.78 is 5.83. The van der Waals surface area contributed by atoms with Crippen LogP contribution in [0.2, 0.25) is 0 Å². The Kier molecular flexibility index (Phi) is 6.79. The van der Waals surface area contributed by atoms with Crippen molar-refractivity contribution < 1.29 is 9.53 Å². The molecule has 0 saturated carbocycles. The third-order valence-electron chi connectivity index (χ3n) is 4.48. The number of pyridine rings is 1. The number of amides is 1. The zero-order chi connectivity index (χ0) is 16.9. The third kappa shape index (κ3) is 4.94. The summed E-state index contributed by atoms with van der Waals surface area (Å²) in [4.78, 5) is 16.5. The van der Waals surface area contributed by atoms with Crippen LogP contribution in [-0.2, 0) is 4.79 Å². The minimum atomic E-state index is 0. The van der Waals surface area contributed by atoms with Crippen LogP contribution in [0.15, 0.2) is 36.5 Å². The molecule has 0 bridgehead atoms. The van der Waals surface area contributed by atoms with Crippen molar-refractivity contribution in [3.63, 3.8) is 0 Å². The third-order valence-corrected chi connectivity index (χ3v) is 4.48. The predicted molar refractivity (Wildman–Crippen MR) is 102 cm³/mol. The van der Waals surface area contributed by atoms with E-state index in [4.69, 9.17) is 4.74 Å². The Morgan fingerprint density at radius 3 is 2.64 bits per heavy atom. The van der Waals surface area contributed by atoms with E-state index in [2.05, 4.69) is 28.6 Å². The first-order valence-electron chi connectivity index (χ1n) is 8.35. The number of halogens is 1. The number of piperidine rings is 1. The van der Waals surface area contributed by atoms with Crippen molar-refractivity contribution in [2.24, 2.45) is 5.92 Å². The highest BCUT2D eigenvalue weighted by atomic mass is 35.5. The maximum Gasteiger partial charge on any atom is 0.227 e. The lowest BCUT2D eigenvalue weighted by molar-refractivity contribution is -0.120. The Balaban J connectivity index is 0.00000225. The first-order chi connectivity index (χ1) is 11.6. The van der Waals surface area contributed by atoms with Gasteiger partial charge in [0.15, 0.2) is 0 Å². The zero-order valence-corrected chi connectivity index (χ0v) is 15.4. The number of aromatic nitrogens is 1. The number of benzene rings is 1. The van der Waals surface area contributed by atoms with Crippen LogP contribution in [0.3, 0.4) is 0 Å². The van der Waals surface area contributed by atoms with Gasteiger partial charge in [-0.25, -0.2) is 4.98 Å². The molecule has 25 heavy (non-hydrogen) atoms. The summed E-state index contributed by atoms with van der Waals surface area (Å²) in [5.41, 5.74) is 2.98. The Morgan fingerprint density at radius 2 is 1.96 bits per heavy atom. The van der Waals surface area contributed by atoms with Gasteiger partial charge in [0, 0.05) is 12.0 Å². The normalized spacial score (nSPS) is 14.5. The molecule has 0 radical (unpaired) electrons. The molecule has 134 valence electrons. The molecule has 1 fully saturated rings. The van der Waals surface area contributed by atoms with Gasteiger partial charge < -0.3 is 15.4 Å². The molecule has 1 amide bonds. The van der Waals surface area contributed by atoms with Gasteiger partial charge in [0.25, 0.3) is 0 Å². The fourth-order valence-electron chi connectivity index (χ4n) is 2.79. The van der Waals surface area contributed by atoms with Crippen molar-refractivity contribution in [2.75, 3.05) is 18.4 Å². The summed E-state index contributed by atoms with van der Waals surface area (Å²) in [5, 5.41) is 6.20. The van der Waals surface area contributed by atoms with Crippen molar-refractivity contribution >= 4 is 24.0 Å². The van der Waals surface area contributed by atoms with Crippen LogP contribution in [0.4, 0.5) is 5.69 Å². The van der Waals surface area contributed by atoms with Gasteiger partial charge in [-0.3, -0.25) is 4.79 Å². The zero-order valence-electron chi connectivity index (χ0n) is 14.5. The minimum absolute atomic E-state index is 0. The molecule has 1 aromatic heterocycles. The van der Waals surface area contributed by atoms with E-state index in [0.29, 0.717) is 11.6 Å². The van der Waals surface area contributed by atoms with Crippen molar-refractivity contribution in [3.05, 3.63) is 47.7 Å². The molecular formula is C19H24ClN3O2. The number of nitrogens with zero attached hydrogens (tertiary/aromatic N) is 1. The number of hydrogen-bond acceptors (Lipinski definition) is 4. The van der Waals surface area contributed by atoms with E-state index in [9.17, 15) is 4.79 Å². The highest BCUT2D eigenvalue weighted by Crippen LogP contribution is 2.26. The Hall–Kier alpha value is -2.11. The number of nitrogens with one attached hydrogen (secondary N) is 2. The topological polar surface area (TPSA) is 63.2 Å². The second-order valence-electron chi connectivity index (χ2n) is 6.20. The van der Waals surface area contributed by atoms with E-state index in [1.165, 1.54) is 5.56 Å². The van der Waals surface area contributed by atoms with Gasteiger partial charge in [-0.2, -0.15) is 0 Å². The van der Waals surface area contributed by atoms with Gasteiger partial charge in [-0.15, -0.1) is 12.4 Å². The smallest absolute Gasteiger partial charge is 0.227 e. The van der Waals surface area contributed by atoms with Gasteiger partial charge in [0.2, 0.25) is 11.8 Å². The second kappa shape index (κ2) is 8.83. The summed E-state index contributed by atoms with van der Waals surface area (Å²) in [6, 6.07) is 9.55. The number of carbonyl (C=O) groups excluding carboxylic acids is 1. The van der Waals surface area contributed by atoms with Crippen molar-refractivity contribution in [2.45, 2.75) is 26.7 Å². The van der Waals surface area contributed by atoms with Crippen molar-refractivity contribution in [1.29, 1.82) is 0 Å². The predicted octanol–water partition coefficient (Wildman–Crippen LogP) is 3.85. The Bertz CT molecular complexity index is 713. The number of carbonyl (C=O) groups is 1. The number of anilines is 1. The van der Waals surface area contributed by atoms with Gasteiger partial charge in [0.05, 0.1) is 11.9 Å². The van der Waals surface area contributed by atoms with E-state index in [1.54, 1.807) is 12.3 Å². The Labute approximate surface area is 154 Å². The SMILES string of the molecule is Cc1cccc(Oc2ccc(NC(=O)C3CCNCC3)cn2)c1C.Cl. The number of aryl methyl sites for hydroxylation is 1. The summed E-state index contributed by atoms with van der Waals surface area (Å²) in [6.45, 7) is 5.88. The Morgan fingerprint density at radius 1 is 1.20 bits per heavy atom. The van der Waals surface area contributed by atoms with Gasteiger partial charge in [-0.1, -0.05) is 12.1 Å². The molecule has 0 spiro atoms. The highest BCUT2D eigenvalue weighted by molar-refractivity contribution is 5.92. The number of rotatable bonds is 4. The molecule has 0 atom stereocenters. The molecule has 1 aliphatic heterocycles. The molecule has 2 aromatic rings. The van der Waals surface area contributed by atoms with E-state index in [-0.39, 0.29) is 24.2 Å². The van der Waals surface area contributed by atoms with Gasteiger partial charge in [0.1, 0.15) is 5.75 Å². The fourth-order valence-corrected chi connectivity index (χ4v) is 2.79. The average molecular weight is 362 g/mol. The standard InChI is InChI=1S/C19H23N3O2.ClH/c1-13-4-3-5-17(14(13)2)24-18-7-6-16(12-21-18)22-19(23)15-8-10-20-11-9-15;/h3-7,12,15,20H,8-11H2,1-2H3,(H,22,23);1H. The van der Waals surface area contributed by atoms with Crippen LogP contribution < -0.4 is 15.4 Å². The molecule has 5 nitrogen and oxygen atoms in total. The molecular weight excluding hydrogens is 338 g/mol. The quantitative estimate of drug-likeness (QED) is 0.868. The fraction of sp³-hybridized carbons (Fsp3) is 0.368. The molecule has 1 aromatic carbocycles. The molecule has 1 saturated heterocycles. The van der Waals surface area contributed by atoms with Crippen LogP contribution in [0.5, 0.6) is 11.6 Å². The first-order valence-corrected chi connectivity index (χ1v) is 8.35. The first kappa shape index (κ1) is 19.2. The van der Waals surface area contributed by atoms with Crippen LogP contribution in [-0.4, -0.2) is 24.0 Å². The van der Waals surface area contributed by atoms with Crippen LogP contribution in [0, 0.1) is 19.8 Å². The molecule has 2 heterocycles. The van der Waals surface area contributed by atoms with Crippen molar-refractivity contribution in [3.8, 4) is 11.6 Å². The highest BCUT2D eigenvalue weighted by Gasteiger charge is 2.20. The lowest BCUT2D eigenvalue weighted by Crippen LogP contribution is -2.34. The largest absolute Gasteiger partial charge is 0.439 e. The van der Waals surface area contributed by atoms with Gasteiger partial charge >= 0.3 is 0 Å². The summed E-state index contributed by atoms with van der Waals surface area (Å²) in [5.74, 6) is 1.47. The number of hydrogen-bond donors (Lipinski definition) is 2.